The van der Waals surface area contributed by atoms with Gasteiger partial charge in [0.05, 0.1) is 36.1 Å². The van der Waals surface area contributed by atoms with Crippen molar-refractivity contribution in [2.75, 3.05) is 7.11 Å². The van der Waals surface area contributed by atoms with Crippen LogP contribution in [0.1, 0.15) is 53.0 Å². The lowest BCUT2D eigenvalue weighted by Gasteiger charge is -2.40. The van der Waals surface area contributed by atoms with Crippen LogP contribution in [-0.4, -0.2) is 44.6 Å². The molecule has 0 radical (unpaired) electrons. The van der Waals surface area contributed by atoms with Gasteiger partial charge in [-0.15, -0.1) is 0 Å². The predicted octanol–water partition coefficient (Wildman–Crippen LogP) is 6.01. The SMILES string of the molecule is COC(=O)[C@](C)(C[C@H]1O[C@@H]([C@@H](C)S(=O)(=O)c2ccccc2)[C@H]2[C@@H]1C(C)=CC[C@@H]2C(C)C)OCc1ccccc1. The molecular formula is C32H42O6S. The molecule has 2 aromatic carbocycles. The molecule has 1 fully saturated rings. The molecule has 0 aromatic heterocycles. The Hall–Kier alpha value is -2.48. The van der Waals surface area contributed by atoms with Gasteiger partial charge in [-0.3, -0.25) is 0 Å². The van der Waals surface area contributed by atoms with Crippen molar-refractivity contribution in [3.05, 3.63) is 77.9 Å². The summed E-state index contributed by atoms with van der Waals surface area (Å²) in [5.74, 6) is 0.125. The number of methoxy groups -OCH3 is 1. The first-order valence-corrected chi connectivity index (χ1v) is 15.4. The van der Waals surface area contributed by atoms with Crippen molar-refractivity contribution in [1.82, 2.24) is 0 Å². The smallest absolute Gasteiger partial charge is 0.337 e. The van der Waals surface area contributed by atoms with E-state index >= 15 is 0 Å². The number of ether oxygens (including phenoxy) is 3. The minimum atomic E-state index is -3.64. The number of esters is 1. The molecule has 1 heterocycles. The molecule has 1 saturated heterocycles. The molecule has 1 aliphatic heterocycles. The van der Waals surface area contributed by atoms with Gasteiger partial charge in [-0.1, -0.05) is 74.0 Å². The van der Waals surface area contributed by atoms with Crippen LogP contribution in [0.3, 0.4) is 0 Å². The Morgan fingerprint density at radius 3 is 2.26 bits per heavy atom. The van der Waals surface area contributed by atoms with Crippen molar-refractivity contribution in [1.29, 1.82) is 0 Å². The van der Waals surface area contributed by atoms with E-state index in [0.29, 0.717) is 10.8 Å². The van der Waals surface area contributed by atoms with E-state index in [0.717, 1.165) is 12.0 Å². The Balaban J connectivity index is 1.69. The summed E-state index contributed by atoms with van der Waals surface area (Å²) in [6, 6.07) is 18.3. The first kappa shape index (κ1) is 29.5. The summed E-state index contributed by atoms with van der Waals surface area (Å²) in [6.07, 6.45) is 2.50. The van der Waals surface area contributed by atoms with Crippen LogP contribution in [0.4, 0.5) is 0 Å². The molecule has 0 N–H and O–H groups in total. The Bertz CT molecular complexity index is 1260. The van der Waals surface area contributed by atoms with Gasteiger partial charge < -0.3 is 14.2 Å². The normalized spacial score (nSPS) is 27.4. The molecule has 0 saturated carbocycles. The van der Waals surface area contributed by atoms with Crippen molar-refractivity contribution in [2.45, 2.75) is 82.0 Å². The Kier molecular flexibility index (Phi) is 9.04. The highest BCUT2D eigenvalue weighted by Gasteiger charge is 2.56. The molecule has 0 spiro atoms. The maximum atomic E-state index is 13.8. The fourth-order valence-corrected chi connectivity index (χ4v) is 8.05. The lowest BCUT2D eigenvalue weighted by Crippen LogP contribution is -2.44. The van der Waals surface area contributed by atoms with Crippen molar-refractivity contribution in [3.63, 3.8) is 0 Å². The van der Waals surface area contributed by atoms with Gasteiger partial charge in [0.25, 0.3) is 0 Å². The summed E-state index contributed by atoms with van der Waals surface area (Å²) in [6.45, 7) is 10.3. The fourth-order valence-electron chi connectivity index (χ4n) is 6.49. The third kappa shape index (κ3) is 6.01. The van der Waals surface area contributed by atoms with Crippen molar-refractivity contribution in [3.8, 4) is 0 Å². The second-order valence-electron chi connectivity index (χ2n) is 11.6. The number of sulfone groups is 1. The minimum absolute atomic E-state index is 0.00417. The fraction of sp³-hybridized carbons (Fsp3) is 0.531. The zero-order valence-corrected chi connectivity index (χ0v) is 24.7. The van der Waals surface area contributed by atoms with Gasteiger partial charge in [-0.2, -0.15) is 0 Å². The Morgan fingerprint density at radius 2 is 1.67 bits per heavy atom. The average Bonchev–Trinajstić information content (AvgIpc) is 3.31. The molecule has 0 unspecified atom stereocenters. The molecule has 4 rings (SSSR count). The third-order valence-corrected chi connectivity index (χ3v) is 10.9. The maximum Gasteiger partial charge on any atom is 0.337 e. The number of benzene rings is 2. The molecule has 2 aromatic rings. The Labute approximate surface area is 233 Å². The third-order valence-electron chi connectivity index (χ3n) is 8.75. The van der Waals surface area contributed by atoms with Crippen LogP contribution in [-0.2, 0) is 35.4 Å². The minimum Gasteiger partial charge on any atom is -0.467 e. The number of rotatable bonds is 10. The van der Waals surface area contributed by atoms with E-state index in [1.807, 2.05) is 36.4 Å². The zero-order chi connectivity index (χ0) is 28.4. The highest BCUT2D eigenvalue weighted by atomic mass is 32.2. The number of carbonyl (C=O) groups excluding carboxylic acids is 1. The van der Waals surface area contributed by atoms with Gasteiger partial charge in [0.2, 0.25) is 0 Å². The lowest BCUT2D eigenvalue weighted by atomic mass is 9.65. The van der Waals surface area contributed by atoms with Gasteiger partial charge in [-0.25, -0.2) is 13.2 Å². The van der Waals surface area contributed by atoms with Crippen LogP contribution in [0.25, 0.3) is 0 Å². The van der Waals surface area contributed by atoms with E-state index in [2.05, 4.69) is 26.8 Å². The highest BCUT2D eigenvalue weighted by Crippen LogP contribution is 2.52. The van der Waals surface area contributed by atoms with E-state index in [9.17, 15) is 13.2 Å². The monoisotopic (exact) mass is 554 g/mol. The number of allylic oxidation sites excluding steroid dienone is 1. The number of hydrogen-bond acceptors (Lipinski definition) is 6. The number of carbonyl (C=O) groups is 1. The molecule has 39 heavy (non-hydrogen) atoms. The number of hydrogen-bond donors (Lipinski definition) is 0. The van der Waals surface area contributed by atoms with E-state index in [4.69, 9.17) is 14.2 Å². The second kappa shape index (κ2) is 11.9. The first-order valence-electron chi connectivity index (χ1n) is 13.9. The highest BCUT2D eigenvalue weighted by molar-refractivity contribution is 7.92. The molecule has 1 aliphatic carbocycles. The molecule has 6 nitrogen and oxygen atoms in total. The summed E-state index contributed by atoms with van der Waals surface area (Å²) >= 11 is 0. The number of fused-ring (bicyclic) bond motifs is 1. The van der Waals surface area contributed by atoms with Crippen molar-refractivity contribution >= 4 is 15.8 Å². The average molecular weight is 555 g/mol. The van der Waals surface area contributed by atoms with E-state index in [1.165, 1.54) is 12.7 Å². The summed E-state index contributed by atoms with van der Waals surface area (Å²) in [7, 11) is -2.28. The van der Waals surface area contributed by atoms with Gasteiger partial charge in [-0.05, 0) is 62.6 Å². The molecule has 212 valence electrons. The van der Waals surface area contributed by atoms with Gasteiger partial charge in [0.1, 0.15) is 0 Å². The second-order valence-corrected chi connectivity index (χ2v) is 13.9. The van der Waals surface area contributed by atoms with Crippen LogP contribution in [0, 0.1) is 23.7 Å². The summed E-state index contributed by atoms with van der Waals surface area (Å²) in [5.41, 5.74) is 0.872. The predicted molar refractivity (Wildman–Crippen MR) is 152 cm³/mol. The van der Waals surface area contributed by atoms with Crippen molar-refractivity contribution in [2.24, 2.45) is 23.7 Å². The van der Waals surface area contributed by atoms with Crippen LogP contribution in [0.2, 0.25) is 0 Å². The molecule has 0 amide bonds. The van der Waals surface area contributed by atoms with Crippen LogP contribution < -0.4 is 0 Å². The maximum absolute atomic E-state index is 13.8. The molecule has 7 atom stereocenters. The lowest BCUT2D eigenvalue weighted by molar-refractivity contribution is -0.174. The zero-order valence-electron chi connectivity index (χ0n) is 23.9. The largest absolute Gasteiger partial charge is 0.467 e. The standard InChI is InChI=1S/C32H42O6S/c1-21(2)26-18-17-22(3)28-27(19-32(5,31(33)36-6)37-20-24-13-9-7-10-14-24)38-30(29(26)28)23(4)39(34,35)25-15-11-8-12-16-25/h7-17,21,23,26-30H,18-20H2,1-6H3/t23-,26-,27-,28-,29-,30+,32+/m1/s1. The van der Waals surface area contributed by atoms with Gasteiger partial charge in [0, 0.05) is 12.3 Å². The molecular weight excluding hydrogens is 512 g/mol. The van der Waals surface area contributed by atoms with E-state index in [1.54, 1.807) is 38.1 Å². The summed E-state index contributed by atoms with van der Waals surface area (Å²) in [5, 5.41) is -0.751. The van der Waals surface area contributed by atoms with Gasteiger partial charge in [0.15, 0.2) is 15.4 Å². The van der Waals surface area contributed by atoms with E-state index < -0.39 is 38.9 Å². The summed E-state index contributed by atoms with van der Waals surface area (Å²) < 4.78 is 45.7. The van der Waals surface area contributed by atoms with Crippen molar-refractivity contribution < 1.29 is 27.4 Å². The quantitative estimate of drug-likeness (QED) is 0.264. The topological polar surface area (TPSA) is 78.9 Å². The first-order chi connectivity index (χ1) is 18.5. The molecule has 2 aliphatic rings. The Morgan fingerprint density at radius 1 is 1.05 bits per heavy atom. The summed E-state index contributed by atoms with van der Waals surface area (Å²) in [4.78, 5) is 13.4. The molecule has 7 heteroatoms. The van der Waals surface area contributed by atoms with Crippen LogP contribution in [0.5, 0.6) is 0 Å². The van der Waals surface area contributed by atoms with Gasteiger partial charge >= 0.3 is 5.97 Å². The van der Waals surface area contributed by atoms with Crippen LogP contribution in [0.15, 0.2) is 77.2 Å². The van der Waals surface area contributed by atoms with E-state index in [-0.39, 0.29) is 30.8 Å². The molecule has 0 bridgehead atoms. The van der Waals surface area contributed by atoms with Crippen LogP contribution >= 0.6 is 0 Å².